The van der Waals surface area contributed by atoms with Gasteiger partial charge in [-0.05, 0) is 31.9 Å². The van der Waals surface area contributed by atoms with Gasteiger partial charge in [-0.3, -0.25) is 14.2 Å². The Morgan fingerprint density at radius 3 is 2.68 bits per heavy atom. The molecule has 5 nitrogen and oxygen atoms in total. The van der Waals surface area contributed by atoms with Crippen LogP contribution in [0.3, 0.4) is 0 Å². The lowest BCUT2D eigenvalue weighted by Gasteiger charge is -2.16. The quantitative estimate of drug-likeness (QED) is 0.505. The van der Waals surface area contributed by atoms with Gasteiger partial charge < -0.3 is 5.32 Å². The summed E-state index contributed by atoms with van der Waals surface area (Å²) in [7, 11) is 0. The third-order valence-corrected chi connectivity index (χ3v) is 5.67. The first-order chi connectivity index (χ1) is 12.2. The Labute approximate surface area is 152 Å². The van der Waals surface area contributed by atoms with Crippen molar-refractivity contribution in [3.8, 4) is 0 Å². The molecule has 1 saturated carbocycles. The molecule has 1 aromatic heterocycles. The number of carbonyl (C=O) groups excluding carboxylic acids is 1. The van der Waals surface area contributed by atoms with E-state index in [1.807, 2.05) is 25.1 Å². The molecule has 25 heavy (non-hydrogen) atoms. The first kappa shape index (κ1) is 18.0. The number of carbonyl (C=O) groups is 1. The van der Waals surface area contributed by atoms with Crippen LogP contribution in [-0.4, -0.2) is 27.3 Å². The maximum Gasteiger partial charge on any atom is 0.262 e. The van der Waals surface area contributed by atoms with Crippen molar-refractivity contribution in [1.82, 2.24) is 14.9 Å². The summed E-state index contributed by atoms with van der Waals surface area (Å²) in [6, 6.07) is 7.65. The number of hydrogen-bond acceptors (Lipinski definition) is 4. The van der Waals surface area contributed by atoms with E-state index in [1.54, 1.807) is 10.6 Å². The number of hydrogen-bond donors (Lipinski definition) is 1. The molecule has 1 aliphatic rings. The van der Waals surface area contributed by atoms with Crippen LogP contribution in [0.1, 0.15) is 45.4 Å². The third-order valence-electron chi connectivity index (χ3n) is 4.70. The summed E-state index contributed by atoms with van der Waals surface area (Å²) in [6.07, 6.45) is 7.07. The van der Waals surface area contributed by atoms with Gasteiger partial charge >= 0.3 is 0 Å². The topological polar surface area (TPSA) is 64.0 Å². The molecule has 1 N–H and O–H groups in total. The van der Waals surface area contributed by atoms with E-state index in [4.69, 9.17) is 0 Å². The number of aromatic nitrogens is 2. The van der Waals surface area contributed by atoms with Crippen molar-refractivity contribution in [2.75, 3.05) is 5.75 Å². The van der Waals surface area contributed by atoms with E-state index >= 15 is 0 Å². The molecule has 0 aliphatic heterocycles. The van der Waals surface area contributed by atoms with Crippen LogP contribution in [0.5, 0.6) is 0 Å². The van der Waals surface area contributed by atoms with Crippen molar-refractivity contribution < 1.29 is 4.79 Å². The van der Waals surface area contributed by atoms with Crippen LogP contribution in [0.2, 0.25) is 0 Å². The van der Waals surface area contributed by atoms with Gasteiger partial charge in [0, 0.05) is 12.6 Å². The summed E-state index contributed by atoms with van der Waals surface area (Å²) < 4.78 is 1.64. The van der Waals surface area contributed by atoms with Crippen LogP contribution in [0, 0.1) is 0 Å². The SMILES string of the molecule is CCn1c(SCC(=O)NC2CCCCCC2)nc2ccccc2c1=O. The van der Waals surface area contributed by atoms with E-state index < -0.39 is 0 Å². The molecule has 0 saturated heterocycles. The lowest BCUT2D eigenvalue weighted by atomic mass is 10.1. The lowest BCUT2D eigenvalue weighted by Crippen LogP contribution is -2.35. The standard InChI is InChI=1S/C19H25N3O2S/c1-2-22-18(24)15-11-7-8-12-16(15)21-19(22)25-13-17(23)20-14-9-5-3-4-6-10-14/h7-8,11-12,14H,2-6,9-10,13H2,1H3,(H,20,23). The molecule has 134 valence electrons. The molecule has 0 spiro atoms. The molecule has 2 aromatic rings. The van der Waals surface area contributed by atoms with Gasteiger partial charge in [-0.2, -0.15) is 0 Å². The van der Waals surface area contributed by atoms with Gasteiger partial charge in [0.05, 0.1) is 16.7 Å². The van der Waals surface area contributed by atoms with Crippen molar-refractivity contribution in [2.45, 2.75) is 63.2 Å². The minimum Gasteiger partial charge on any atom is -0.353 e. The van der Waals surface area contributed by atoms with Gasteiger partial charge in [-0.1, -0.05) is 49.6 Å². The fraction of sp³-hybridized carbons (Fsp3) is 0.526. The second-order valence-electron chi connectivity index (χ2n) is 6.51. The number of fused-ring (bicyclic) bond motifs is 1. The molecular formula is C19H25N3O2S. The summed E-state index contributed by atoms with van der Waals surface area (Å²) >= 11 is 1.34. The van der Waals surface area contributed by atoms with Crippen molar-refractivity contribution in [3.63, 3.8) is 0 Å². The molecule has 0 atom stereocenters. The van der Waals surface area contributed by atoms with E-state index in [1.165, 1.54) is 37.4 Å². The normalized spacial score (nSPS) is 15.9. The van der Waals surface area contributed by atoms with Crippen LogP contribution in [0.4, 0.5) is 0 Å². The van der Waals surface area contributed by atoms with E-state index in [0.717, 1.165) is 12.8 Å². The smallest absolute Gasteiger partial charge is 0.262 e. The van der Waals surface area contributed by atoms with E-state index in [0.29, 0.717) is 34.4 Å². The summed E-state index contributed by atoms with van der Waals surface area (Å²) in [4.78, 5) is 29.5. The molecule has 0 radical (unpaired) electrons. The van der Waals surface area contributed by atoms with Crippen molar-refractivity contribution in [2.24, 2.45) is 0 Å². The molecule has 6 heteroatoms. The first-order valence-corrected chi connectivity index (χ1v) is 10.1. The summed E-state index contributed by atoms with van der Waals surface area (Å²) in [6.45, 7) is 2.47. The Hall–Kier alpha value is -1.82. The van der Waals surface area contributed by atoms with Crippen molar-refractivity contribution in [1.29, 1.82) is 0 Å². The average molecular weight is 359 g/mol. The van der Waals surface area contributed by atoms with E-state index in [2.05, 4.69) is 10.3 Å². The van der Waals surface area contributed by atoms with Gasteiger partial charge in [0.2, 0.25) is 5.91 Å². The molecule has 1 fully saturated rings. The van der Waals surface area contributed by atoms with Crippen LogP contribution < -0.4 is 10.9 Å². The first-order valence-electron chi connectivity index (χ1n) is 9.10. The van der Waals surface area contributed by atoms with Crippen LogP contribution in [-0.2, 0) is 11.3 Å². The third kappa shape index (κ3) is 4.42. The number of thioether (sulfide) groups is 1. The molecule has 1 amide bonds. The van der Waals surface area contributed by atoms with E-state index in [9.17, 15) is 9.59 Å². The van der Waals surface area contributed by atoms with Gasteiger partial charge in [-0.15, -0.1) is 0 Å². The molecule has 1 aromatic carbocycles. The van der Waals surface area contributed by atoms with Crippen LogP contribution >= 0.6 is 11.8 Å². The van der Waals surface area contributed by atoms with Crippen molar-refractivity contribution >= 4 is 28.6 Å². The fourth-order valence-corrected chi connectivity index (χ4v) is 4.23. The zero-order valence-corrected chi connectivity index (χ0v) is 15.5. The molecule has 0 unspecified atom stereocenters. The van der Waals surface area contributed by atoms with E-state index in [-0.39, 0.29) is 11.5 Å². The zero-order valence-electron chi connectivity index (χ0n) is 14.7. The minimum atomic E-state index is -0.0419. The Morgan fingerprint density at radius 2 is 1.96 bits per heavy atom. The van der Waals surface area contributed by atoms with Crippen molar-refractivity contribution in [3.05, 3.63) is 34.6 Å². The number of amides is 1. The average Bonchev–Trinajstić information content (AvgIpc) is 2.89. The predicted octanol–water partition coefficient (Wildman–Crippen LogP) is 3.35. The van der Waals surface area contributed by atoms with Crippen LogP contribution in [0.15, 0.2) is 34.2 Å². The monoisotopic (exact) mass is 359 g/mol. The number of para-hydroxylation sites is 1. The second kappa shape index (κ2) is 8.52. The maximum absolute atomic E-state index is 12.6. The van der Waals surface area contributed by atoms with Gasteiger partial charge in [0.25, 0.3) is 5.56 Å². The molecular weight excluding hydrogens is 334 g/mol. The largest absolute Gasteiger partial charge is 0.353 e. The number of nitrogens with zero attached hydrogens (tertiary/aromatic N) is 2. The summed E-state index contributed by atoms with van der Waals surface area (Å²) in [5.74, 6) is 0.323. The molecule has 1 aliphatic carbocycles. The number of benzene rings is 1. The molecule has 3 rings (SSSR count). The van der Waals surface area contributed by atoms with Gasteiger partial charge in [-0.25, -0.2) is 4.98 Å². The fourth-order valence-electron chi connectivity index (χ4n) is 3.36. The highest BCUT2D eigenvalue weighted by Gasteiger charge is 2.16. The van der Waals surface area contributed by atoms with Gasteiger partial charge in [0.15, 0.2) is 5.16 Å². The Balaban J connectivity index is 1.69. The highest BCUT2D eigenvalue weighted by Crippen LogP contribution is 2.19. The molecule has 1 heterocycles. The Bertz CT molecular complexity index is 795. The predicted molar refractivity (Wildman–Crippen MR) is 102 cm³/mol. The lowest BCUT2D eigenvalue weighted by molar-refractivity contribution is -0.119. The van der Waals surface area contributed by atoms with Gasteiger partial charge in [0.1, 0.15) is 0 Å². The Kier molecular flexibility index (Phi) is 6.13. The highest BCUT2D eigenvalue weighted by atomic mass is 32.2. The maximum atomic E-state index is 12.6. The summed E-state index contributed by atoms with van der Waals surface area (Å²) in [5, 5.41) is 4.38. The Morgan fingerprint density at radius 1 is 1.24 bits per heavy atom. The highest BCUT2D eigenvalue weighted by molar-refractivity contribution is 7.99. The number of nitrogens with one attached hydrogen (secondary N) is 1. The van der Waals surface area contributed by atoms with Crippen LogP contribution in [0.25, 0.3) is 10.9 Å². The summed E-state index contributed by atoms with van der Waals surface area (Å²) in [5.41, 5.74) is 0.642. The molecule has 0 bridgehead atoms. The minimum absolute atomic E-state index is 0.0296. The second-order valence-corrected chi connectivity index (χ2v) is 7.45. The number of rotatable bonds is 5. The zero-order chi connectivity index (χ0) is 17.6.